The van der Waals surface area contributed by atoms with Crippen molar-refractivity contribution < 1.29 is 18.0 Å². The summed E-state index contributed by atoms with van der Waals surface area (Å²) in [5.74, 6) is 1.75. The number of alkyl halides is 3. The third-order valence-corrected chi connectivity index (χ3v) is 2.92. The Kier molecular flexibility index (Phi) is 3.70. The molecule has 0 spiro atoms. The number of nitrogens with zero attached hydrogens (tertiary/aromatic N) is 2. The van der Waals surface area contributed by atoms with Crippen LogP contribution in [0.15, 0.2) is 34.5 Å². The van der Waals surface area contributed by atoms with Gasteiger partial charge in [-0.05, 0) is 12.1 Å². The third-order valence-electron chi connectivity index (χ3n) is 2.92. The average molecular weight is 296 g/mol. The number of carbonyl (C=O) groups excluding carboxylic acids is 1. The monoisotopic (exact) mass is 296 g/mol. The van der Waals surface area contributed by atoms with Crippen LogP contribution in [0.5, 0.6) is 0 Å². The van der Waals surface area contributed by atoms with Gasteiger partial charge in [0.25, 0.3) is 0 Å². The number of carbonyl (C=O) groups is 1. The molecule has 0 aliphatic carbocycles. The summed E-state index contributed by atoms with van der Waals surface area (Å²) in [6, 6.07) is 4.19. The van der Waals surface area contributed by atoms with E-state index in [1.807, 2.05) is 0 Å². The molecule has 0 saturated carbocycles. The summed E-state index contributed by atoms with van der Waals surface area (Å²) in [5.41, 5.74) is 3.25. The van der Waals surface area contributed by atoms with E-state index in [0.29, 0.717) is 5.69 Å². The number of hydrogen-bond acceptors (Lipinski definition) is 4. The van der Waals surface area contributed by atoms with E-state index in [1.54, 1.807) is 0 Å². The Morgan fingerprint density at radius 1 is 1.38 bits per heavy atom. The summed E-state index contributed by atoms with van der Waals surface area (Å²) in [7, 11) is 0. The summed E-state index contributed by atoms with van der Waals surface area (Å²) in [6.07, 6.45) is 0.530. The Morgan fingerprint density at radius 2 is 1.95 bits per heavy atom. The highest BCUT2D eigenvalue weighted by Gasteiger charge is 2.65. The summed E-state index contributed by atoms with van der Waals surface area (Å²) < 4.78 is 38.4. The zero-order valence-corrected chi connectivity index (χ0v) is 10.7. The minimum Gasteiger partial charge on any atom is -0.325 e. The van der Waals surface area contributed by atoms with Gasteiger partial charge in [-0.15, -0.1) is 22.6 Å². The van der Waals surface area contributed by atoms with Gasteiger partial charge in [0, 0.05) is 17.7 Å². The van der Waals surface area contributed by atoms with E-state index < -0.39 is 23.8 Å². The predicted molar refractivity (Wildman–Crippen MR) is 69.1 cm³/mol. The van der Waals surface area contributed by atoms with Crippen molar-refractivity contribution in [1.82, 2.24) is 0 Å². The van der Waals surface area contributed by atoms with Crippen molar-refractivity contribution in [3.05, 3.63) is 29.8 Å². The molecule has 1 amide bonds. The maximum atomic E-state index is 12.8. The first-order chi connectivity index (χ1) is 9.80. The molecule has 1 aromatic carbocycles. The van der Waals surface area contributed by atoms with E-state index in [4.69, 9.17) is 12.2 Å². The Hall–Kier alpha value is -2.40. The van der Waals surface area contributed by atoms with Crippen molar-refractivity contribution in [2.45, 2.75) is 24.3 Å². The smallest absolute Gasteiger partial charge is 0.325 e. The van der Waals surface area contributed by atoms with Crippen molar-refractivity contribution in [3.8, 4) is 12.3 Å². The summed E-state index contributed by atoms with van der Waals surface area (Å²) in [6.45, 7) is 0. The molecule has 0 bridgehead atoms. The van der Waals surface area contributed by atoms with E-state index in [-0.39, 0.29) is 12.0 Å². The lowest BCUT2D eigenvalue weighted by Crippen LogP contribution is -2.35. The number of halogens is 3. The topological polar surface area (TPSA) is 79.8 Å². The molecule has 1 heterocycles. The van der Waals surface area contributed by atoms with Gasteiger partial charge < -0.3 is 11.1 Å². The third kappa shape index (κ3) is 2.87. The van der Waals surface area contributed by atoms with Crippen LogP contribution < -0.4 is 11.1 Å². The van der Waals surface area contributed by atoms with Crippen LogP contribution in [0.25, 0.3) is 0 Å². The SMILES string of the molecule is C#CC[C@@H](N)C(=O)Nc1ccc(C2(C(F)(F)F)N=N2)cc1. The number of terminal acetylenes is 1. The first-order valence-electron chi connectivity index (χ1n) is 5.91. The molecule has 0 aromatic heterocycles. The quantitative estimate of drug-likeness (QED) is 0.835. The maximum absolute atomic E-state index is 12.8. The van der Waals surface area contributed by atoms with E-state index in [9.17, 15) is 18.0 Å². The van der Waals surface area contributed by atoms with Gasteiger partial charge in [0.15, 0.2) is 0 Å². The molecule has 1 aliphatic rings. The largest absolute Gasteiger partial charge is 0.442 e. The fraction of sp³-hybridized carbons (Fsp3) is 0.308. The molecule has 5 nitrogen and oxygen atoms in total. The second kappa shape index (κ2) is 5.18. The summed E-state index contributed by atoms with van der Waals surface area (Å²) in [4.78, 5) is 11.6. The van der Waals surface area contributed by atoms with E-state index >= 15 is 0 Å². The van der Waals surface area contributed by atoms with Crippen LogP contribution in [0, 0.1) is 12.3 Å². The molecule has 0 saturated heterocycles. The highest BCUT2D eigenvalue weighted by Crippen LogP contribution is 2.52. The van der Waals surface area contributed by atoms with Crippen LogP contribution in [0.2, 0.25) is 0 Å². The minimum absolute atomic E-state index is 0.0683. The summed E-state index contributed by atoms with van der Waals surface area (Å²) >= 11 is 0. The van der Waals surface area contributed by atoms with Crippen molar-refractivity contribution in [2.75, 3.05) is 5.32 Å². The predicted octanol–water partition coefficient (Wildman–Crippen LogP) is 2.16. The molecule has 2 rings (SSSR count). The van der Waals surface area contributed by atoms with Crippen LogP contribution in [-0.4, -0.2) is 18.1 Å². The molecule has 1 aromatic rings. The van der Waals surface area contributed by atoms with Gasteiger partial charge in [0.1, 0.15) is 0 Å². The maximum Gasteiger partial charge on any atom is 0.442 e. The van der Waals surface area contributed by atoms with Crippen LogP contribution in [0.3, 0.4) is 0 Å². The van der Waals surface area contributed by atoms with Gasteiger partial charge in [-0.1, -0.05) is 12.1 Å². The van der Waals surface area contributed by atoms with Crippen molar-refractivity contribution >= 4 is 11.6 Å². The Bertz CT molecular complexity index is 610. The highest BCUT2D eigenvalue weighted by molar-refractivity contribution is 5.94. The first-order valence-corrected chi connectivity index (χ1v) is 5.91. The molecule has 3 N–H and O–H groups in total. The van der Waals surface area contributed by atoms with Crippen molar-refractivity contribution in [1.29, 1.82) is 0 Å². The Morgan fingerprint density at radius 3 is 2.38 bits per heavy atom. The second-order valence-electron chi connectivity index (χ2n) is 4.45. The molecule has 110 valence electrons. The van der Waals surface area contributed by atoms with Gasteiger partial charge in [-0.3, -0.25) is 4.79 Å². The van der Waals surface area contributed by atoms with Crippen LogP contribution >= 0.6 is 0 Å². The van der Waals surface area contributed by atoms with Gasteiger partial charge in [0.2, 0.25) is 5.91 Å². The van der Waals surface area contributed by atoms with E-state index in [0.717, 1.165) is 0 Å². The molecular formula is C13H11F3N4O. The van der Waals surface area contributed by atoms with Crippen LogP contribution in [-0.2, 0) is 10.5 Å². The van der Waals surface area contributed by atoms with E-state index in [1.165, 1.54) is 24.3 Å². The number of hydrogen-bond donors (Lipinski definition) is 2. The summed E-state index contributed by atoms with van der Waals surface area (Å²) in [5, 5.41) is 8.64. The number of nitrogens with two attached hydrogens (primary N) is 1. The van der Waals surface area contributed by atoms with Gasteiger partial charge >= 0.3 is 11.8 Å². The number of rotatable bonds is 4. The standard InChI is InChI=1S/C13H11F3N4O/c1-2-3-10(17)11(21)18-9-6-4-8(5-7-9)12(19-20-12)13(14,15)16/h1,4-7,10H,3,17H2,(H,18,21)/t10-/m1/s1. The number of benzene rings is 1. The minimum atomic E-state index is -4.58. The number of anilines is 1. The zero-order valence-electron chi connectivity index (χ0n) is 10.7. The lowest BCUT2D eigenvalue weighted by molar-refractivity contribution is -0.166. The fourth-order valence-electron chi connectivity index (χ4n) is 1.68. The van der Waals surface area contributed by atoms with Crippen molar-refractivity contribution in [3.63, 3.8) is 0 Å². The Balaban J connectivity index is 2.07. The lowest BCUT2D eigenvalue weighted by Gasteiger charge is -2.15. The molecule has 0 fully saturated rings. The molecule has 8 heteroatoms. The molecular weight excluding hydrogens is 285 g/mol. The lowest BCUT2D eigenvalue weighted by atomic mass is 10.0. The molecule has 0 radical (unpaired) electrons. The fourth-order valence-corrected chi connectivity index (χ4v) is 1.68. The molecule has 1 aliphatic heterocycles. The van der Waals surface area contributed by atoms with E-state index in [2.05, 4.69) is 21.5 Å². The zero-order chi connectivity index (χ0) is 15.7. The Labute approximate surface area is 118 Å². The molecule has 0 unspecified atom stereocenters. The van der Waals surface area contributed by atoms with Gasteiger partial charge in [-0.2, -0.15) is 13.2 Å². The van der Waals surface area contributed by atoms with Crippen LogP contribution in [0.1, 0.15) is 12.0 Å². The molecule has 21 heavy (non-hydrogen) atoms. The normalized spacial score (nSPS) is 16.9. The number of amides is 1. The highest BCUT2D eigenvalue weighted by atomic mass is 19.4. The van der Waals surface area contributed by atoms with Crippen molar-refractivity contribution in [2.24, 2.45) is 16.0 Å². The first kappa shape index (κ1) is 15.0. The molecule has 1 atom stereocenters. The second-order valence-corrected chi connectivity index (χ2v) is 4.45. The van der Waals surface area contributed by atoms with Gasteiger partial charge in [-0.25, -0.2) is 0 Å². The average Bonchev–Trinajstić information content (AvgIpc) is 3.20. The van der Waals surface area contributed by atoms with Crippen LogP contribution in [0.4, 0.5) is 18.9 Å². The van der Waals surface area contributed by atoms with Gasteiger partial charge in [0.05, 0.1) is 6.04 Å². The number of nitrogens with one attached hydrogen (secondary N) is 1.